The van der Waals surface area contributed by atoms with E-state index in [1.54, 1.807) is 0 Å². The summed E-state index contributed by atoms with van der Waals surface area (Å²) in [6.07, 6.45) is 10.3. The molecule has 0 amide bonds. The van der Waals surface area contributed by atoms with Gasteiger partial charge in [-0.3, -0.25) is 0 Å². The highest BCUT2D eigenvalue weighted by atomic mass is 13.8. The molecule has 0 aliphatic rings. The van der Waals surface area contributed by atoms with Crippen molar-refractivity contribution in [3.05, 3.63) is 31.2 Å². The van der Waals surface area contributed by atoms with Gasteiger partial charge in [-0.2, -0.15) is 0 Å². The van der Waals surface area contributed by atoms with Gasteiger partial charge in [-0.25, -0.2) is 0 Å². The Labute approximate surface area is 51.9 Å². The summed E-state index contributed by atoms with van der Waals surface area (Å²) in [6, 6.07) is 0. The van der Waals surface area contributed by atoms with Gasteiger partial charge in [0, 0.05) is 0 Å². The average Bonchev–Trinajstić information content (AvgIpc) is 1.81. The summed E-state index contributed by atoms with van der Waals surface area (Å²) in [5.74, 6) is 0. The molecule has 0 rings (SSSR count). The zero-order chi connectivity index (χ0) is 6.24. The standard InChI is InChI=1S/C8H13/c1-3-5-7-8-6-4-2/h3,6-8H,1,4-5H2,2H3. The Balaban J connectivity index is 2.90. The van der Waals surface area contributed by atoms with E-state index in [9.17, 15) is 0 Å². The summed E-state index contributed by atoms with van der Waals surface area (Å²) < 4.78 is 0. The van der Waals surface area contributed by atoms with E-state index in [4.69, 9.17) is 0 Å². The molecule has 45 valence electrons. The largest absolute Gasteiger partial charge is 0.103 e. The Bertz CT molecular complexity index is 70.1. The normalized spacial score (nSPS) is 10.1. The molecule has 8 heavy (non-hydrogen) atoms. The SMILES string of the molecule is C=CC[CH]C=CCC. The number of rotatable bonds is 4. The quantitative estimate of drug-likeness (QED) is 0.384. The number of hydrogen-bond donors (Lipinski definition) is 0. The molecule has 0 aromatic heterocycles. The highest BCUT2D eigenvalue weighted by Gasteiger charge is 1.71. The van der Waals surface area contributed by atoms with Gasteiger partial charge in [0.25, 0.3) is 0 Å². The fourth-order valence-corrected chi connectivity index (χ4v) is 0.407. The summed E-state index contributed by atoms with van der Waals surface area (Å²) >= 11 is 0. The molecule has 0 N–H and O–H groups in total. The predicted molar refractivity (Wildman–Crippen MR) is 38.5 cm³/mol. The molecule has 0 nitrogen and oxygen atoms in total. The smallest absolute Gasteiger partial charge is 0.0133 e. The van der Waals surface area contributed by atoms with Crippen LogP contribution in [0.1, 0.15) is 19.8 Å². The third kappa shape index (κ3) is 5.48. The van der Waals surface area contributed by atoms with Crippen LogP contribution in [0.5, 0.6) is 0 Å². The first-order chi connectivity index (χ1) is 3.91. The molecule has 0 bridgehead atoms. The van der Waals surface area contributed by atoms with Crippen LogP contribution in [0.25, 0.3) is 0 Å². The van der Waals surface area contributed by atoms with Gasteiger partial charge in [0.05, 0.1) is 0 Å². The topological polar surface area (TPSA) is 0 Å². The van der Waals surface area contributed by atoms with Crippen LogP contribution in [-0.4, -0.2) is 0 Å². The molecule has 0 spiro atoms. The van der Waals surface area contributed by atoms with E-state index in [1.165, 1.54) is 0 Å². The highest BCUT2D eigenvalue weighted by molar-refractivity contribution is 4.97. The van der Waals surface area contributed by atoms with Crippen LogP contribution in [0.2, 0.25) is 0 Å². The van der Waals surface area contributed by atoms with Crippen LogP contribution >= 0.6 is 0 Å². The number of allylic oxidation sites excluding steroid dienone is 3. The third-order valence-corrected chi connectivity index (χ3v) is 0.811. The summed E-state index contributed by atoms with van der Waals surface area (Å²) in [7, 11) is 0. The first-order valence-corrected chi connectivity index (χ1v) is 3.01. The molecule has 0 aromatic carbocycles. The van der Waals surface area contributed by atoms with E-state index < -0.39 is 0 Å². The van der Waals surface area contributed by atoms with Gasteiger partial charge in [0.1, 0.15) is 0 Å². The zero-order valence-electron chi connectivity index (χ0n) is 5.43. The number of unbranched alkanes of at least 4 members (excludes halogenated alkanes) is 1. The first kappa shape index (κ1) is 7.48. The second-order valence-corrected chi connectivity index (χ2v) is 1.60. The maximum Gasteiger partial charge on any atom is -0.0133 e. The Morgan fingerprint density at radius 3 is 2.75 bits per heavy atom. The van der Waals surface area contributed by atoms with E-state index in [2.05, 4.69) is 32.1 Å². The molecule has 1 radical (unpaired) electrons. The van der Waals surface area contributed by atoms with E-state index in [1.807, 2.05) is 6.08 Å². The molecule has 0 aliphatic heterocycles. The maximum atomic E-state index is 3.59. The minimum Gasteiger partial charge on any atom is -0.103 e. The van der Waals surface area contributed by atoms with Crippen molar-refractivity contribution >= 4 is 0 Å². The van der Waals surface area contributed by atoms with Gasteiger partial charge in [0.15, 0.2) is 0 Å². The van der Waals surface area contributed by atoms with E-state index >= 15 is 0 Å². The van der Waals surface area contributed by atoms with Crippen LogP contribution in [0, 0.1) is 6.42 Å². The summed E-state index contributed by atoms with van der Waals surface area (Å²) in [4.78, 5) is 0. The van der Waals surface area contributed by atoms with Crippen molar-refractivity contribution < 1.29 is 0 Å². The molecule has 0 unspecified atom stereocenters. The lowest BCUT2D eigenvalue weighted by Gasteiger charge is -1.81. The second kappa shape index (κ2) is 6.48. The van der Waals surface area contributed by atoms with Crippen molar-refractivity contribution in [1.82, 2.24) is 0 Å². The van der Waals surface area contributed by atoms with Gasteiger partial charge in [-0.1, -0.05) is 25.2 Å². The van der Waals surface area contributed by atoms with Crippen LogP contribution in [0.15, 0.2) is 24.8 Å². The van der Waals surface area contributed by atoms with E-state index in [0.717, 1.165) is 12.8 Å². The van der Waals surface area contributed by atoms with Gasteiger partial charge in [0.2, 0.25) is 0 Å². The van der Waals surface area contributed by atoms with Gasteiger partial charge < -0.3 is 0 Å². The zero-order valence-corrected chi connectivity index (χ0v) is 5.43. The van der Waals surface area contributed by atoms with Crippen LogP contribution in [-0.2, 0) is 0 Å². The lowest BCUT2D eigenvalue weighted by Crippen LogP contribution is -1.62. The second-order valence-electron chi connectivity index (χ2n) is 1.60. The fourth-order valence-electron chi connectivity index (χ4n) is 0.407. The average molecular weight is 109 g/mol. The molecule has 0 aliphatic carbocycles. The third-order valence-electron chi connectivity index (χ3n) is 0.811. The van der Waals surface area contributed by atoms with Crippen molar-refractivity contribution in [2.75, 3.05) is 0 Å². The highest BCUT2D eigenvalue weighted by Crippen LogP contribution is 1.89. The molecule has 0 heterocycles. The van der Waals surface area contributed by atoms with E-state index in [0.29, 0.717) is 0 Å². The Morgan fingerprint density at radius 1 is 1.50 bits per heavy atom. The number of hydrogen-bond acceptors (Lipinski definition) is 0. The molecular weight excluding hydrogens is 96.1 g/mol. The minimum absolute atomic E-state index is 0.983. The molecule has 0 atom stereocenters. The first-order valence-electron chi connectivity index (χ1n) is 3.01. The lowest BCUT2D eigenvalue weighted by atomic mass is 10.3. The van der Waals surface area contributed by atoms with Crippen molar-refractivity contribution in [2.24, 2.45) is 0 Å². The van der Waals surface area contributed by atoms with Crippen LogP contribution < -0.4 is 0 Å². The Hall–Kier alpha value is -0.520. The predicted octanol–water partition coefficient (Wildman–Crippen LogP) is 2.73. The van der Waals surface area contributed by atoms with Crippen molar-refractivity contribution in [1.29, 1.82) is 0 Å². The van der Waals surface area contributed by atoms with Crippen molar-refractivity contribution in [3.8, 4) is 0 Å². The molecule has 0 heteroatoms. The molecule has 0 fully saturated rings. The van der Waals surface area contributed by atoms with Gasteiger partial charge >= 0.3 is 0 Å². The summed E-state index contributed by atoms with van der Waals surface area (Å²) in [5.41, 5.74) is 0. The summed E-state index contributed by atoms with van der Waals surface area (Å²) in [6.45, 7) is 5.72. The summed E-state index contributed by atoms with van der Waals surface area (Å²) in [5, 5.41) is 0. The monoisotopic (exact) mass is 109 g/mol. The lowest BCUT2D eigenvalue weighted by molar-refractivity contribution is 1.20. The molecule has 0 saturated heterocycles. The molecular formula is C8H13. The van der Waals surface area contributed by atoms with Crippen molar-refractivity contribution in [3.63, 3.8) is 0 Å². The van der Waals surface area contributed by atoms with E-state index in [-0.39, 0.29) is 0 Å². The Kier molecular flexibility index (Phi) is 6.06. The van der Waals surface area contributed by atoms with Gasteiger partial charge in [-0.05, 0) is 19.3 Å². The Morgan fingerprint density at radius 2 is 2.25 bits per heavy atom. The molecule has 0 aromatic rings. The maximum absolute atomic E-state index is 3.59. The minimum atomic E-state index is 0.983. The van der Waals surface area contributed by atoms with Gasteiger partial charge in [-0.15, -0.1) is 6.58 Å². The van der Waals surface area contributed by atoms with Crippen LogP contribution in [0.4, 0.5) is 0 Å². The van der Waals surface area contributed by atoms with Crippen LogP contribution in [0.3, 0.4) is 0 Å². The van der Waals surface area contributed by atoms with Crippen molar-refractivity contribution in [2.45, 2.75) is 19.8 Å². The molecule has 0 saturated carbocycles. The fraction of sp³-hybridized carbons (Fsp3) is 0.375.